The molecule has 0 amide bonds. The fourth-order valence-electron chi connectivity index (χ4n) is 1.30. The predicted molar refractivity (Wildman–Crippen MR) is 50.3 cm³/mol. The maximum absolute atomic E-state index is 12.7. The minimum Gasteiger partial charge on any atom is -0.469 e. The van der Waals surface area contributed by atoms with Gasteiger partial charge in [0, 0.05) is 12.1 Å². The standard InChI is InChI=1S/C11H10FNO/c12-11-5-1-3-9(13-11)6-7-10-4-2-8-14-10/h1-5,8H,6-7H2. The smallest absolute Gasteiger partial charge is 0.213 e. The number of aryl methyl sites for hydroxylation is 2. The molecule has 0 N–H and O–H groups in total. The second-order valence-corrected chi connectivity index (χ2v) is 3.03. The molecule has 0 aromatic carbocycles. The SMILES string of the molecule is Fc1cccc(CCc2ccco2)n1. The minimum absolute atomic E-state index is 0.429. The summed E-state index contributed by atoms with van der Waals surface area (Å²) in [5, 5.41) is 0. The van der Waals surface area contributed by atoms with Gasteiger partial charge in [0.2, 0.25) is 5.95 Å². The number of halogens is 1. The van der Waals surface area contributed by atoms with E-state index in [9.17, 15) is 4.39 Å². The molecule has 0 aliphatic heterocycles. The lowest BCUT2D eigenvalue weighted by Crippen LogP contribution is -1.94. The van der Waals surface area contributed by atoms with Crippen LogP contribution in [0.4, 0.5) is 4.39 Å². The van der Waals surface area contributed by atoms with Gasteiger partial charge in [0.15, 0.2) is 0 Å². The average Bonchev–Trinajstić information content (AvgIpc) is 2.67. The predicted octanol–water partition coefficient (Wildman–Crippen LogP) is 2.60. The van der Waals surface area contributed by atoms with Crippen molar-refractivity contribution in [3.05, 3.63) is 54.0 Å². The zero-order chi connectivity index (χ0) is 9.80. The van der Waals surface area contributed by atoms with Gasteiger partial charge in [-0.15, -0.1) is 0 Å². The molecule has 0 aliphatic rings. The third-order valence-corrected chi connectivity index (χ3v) is 1.98. The lowest BCUT2D eigenvalue weighted by atomic mass is 10.2. The van der Waals surface area contributed by atoms with Crippen molar-refractivity contribution in [3.8, 4) is 0 Å². The molecule has 2 rings (SSSR count). The van der Waals surface area contributed by atoms with E-state index in [1.165, 1.54) is 6.07 Å². The molecule has 3 heteroatoms. The summed E-state index contributed by atoms with van der Waals surface area (Å²) in [6.45, 7) is 0. The van der Waals surface area contributed by atoms with Crippen molar-refractivity contribution in [3.63, 3.8) is 0 Å². The average molecular weight is 191 g/mol. The minimum atomic E-state index is -0.429. The van der Waals surface area contributed by atoms with Gasteiger partial charge < -0.3 is 4.42 Å². The molecule has 2 aromatic heterocycles. The summed E-state index contributed by atoms with van der Waals surface area (Å²) in [5.74, 6) is 0.470. The summed E-state index contributed by atoms with van der Waals surface area (Å²) in [6, 6.07) is 8.57. The zero-order valence-electron chi connectivity index (χ0n) is 7.61. The van der Waals surface area contributed by atoms with Crippen molar-refractivity contribution in [1.29, 1.82) is 0 Å². The molecule has 0 atom stereocenters. The lowest BCUT2D eigenvalue weighted by molar-refractivity contribution is 0.505. The van der Waals surface area contributed by atoms with Gasteiger partial charge in [-0.2, -0.15) is 4.39 Å². The summed E-state index contributed by atoms with van der Waals surface area (Å²) < 4.78 is 17.9. The Kier molecular flexibility index (Phi) is 2.58. The molecular formula is C11H10FNO. The first-order valence-corrected chi connectivity index (χ1v) is 4.48. The van der Waals surface area contributed by atoms with Crippen LogP contribution in [0.15, 0.2) is 41.0 Å². The molecule has 0 saturated carbocycles. The lowest BCUT2D eigenvalue weighted by Gasteiger charge is -1.97. The van der Waals surface area contributed by atoms with Crippen molar-refractivity contribution in [1.82, 2.24) is 4.98 Å². The Balaban J connectivity index is 1.98. The van der Waals surface area contributed by atoms with Gasteiger partial charge in [0.25, 0.3) is 0 Å². The van der Waals surface area contributed by atoms with Gasteiger partial charge in [0.05, 0.1) is 6.26 Å². The van der Waals surface area contributed by atoms with Crippen LogP contribution in [0.3, 0.4) is 0 Å². The number of hydrogen-bond acceptors (Lipinski definition) is 2. The fraction of sp³-hybridized carbons (Fsp3) is 0.182. The van der Waals surface area contributed by atoms with E-state index in [0.29, 0.717) is 6.42 Å². The second kappa shape index (κ2) is 4.05. The van der Waals surface area contributed by atoms with Crippen LogP contribution in [-0.4, -0.2) is 4.98 Å². The van der Waals surface area contributed by atoms with Crippen molar-refractivity contribution in [2.75, 3.05) is 0 Å². The first kappa shape index (κ1) is 8.94. The number of nitrogens with zero attached hydrogens (tertiary/aromatic N) is 1. The van der Waals surface area contributed by atoms with Crippen molar-refractivity contribution in [2.24, 2.45) is 0 Å². The summed E-state index contributed by atoms with van der Waals surface area (Å²) in [6.07, 6.45) is 3.09. The Morgan fingerprint density at radius 3 is 2.79 bits per heavy atom. The number of aromatic nitrogens is 1. The molecule has 0 aliphatic carbocycles. The summed E-state index contributed by atoms with van der Waals surface area (Å²) in [4.78, 5) is 3.76. The van der Waals surface area contributed by atoms with E-state index >= 15 is 0 Å². The van der Waals surface area contributed by atoms with E-state index in [1.807, 2.05) is 18.2 Å². The number of hydrogen-bond donors (Lipinski definition) is 0. The molecule has 0 fully saturated rings. The molecular weight excluding hydrogens is 181 g/mol. The maximum Gasteiger partial charge on any atom is 0.213 e. The van der Waals surface area contributed by atoms with Crippen LogP contribution in [-0.2, 0) is 12.8 Å². The second-order valence-electron chi connectivity index (χ2n) is 3.03. The Bertz CT molecular complexity index is 397. The van der Waals surface area contributed by atoms with E-state index in [-0.39, 0.29) is 0 Å². The number of rotatable bonds is 3. The van der Waals surface area contributed by atoms with E-state index < -0.39 is 5.95 Å². The monoisotopic (exact) mass is 191 g/mol. The van der Waals surface area contributed by atoms with Crippen LogP contribution in [0.1, 0.15) is 11.5 Å². The van der Waals surface area contributed by atoms with Gasteiger partial charge in [-0.1, -0.05) is 6.07 Å². The van der Waals surface area contributed by atoms with Crippen LogP contribution >= 0.6 is 0 Å². The molecule has 2 nitrogen and oxygen atoms in total. The first-order valence-electron chi connectivity index (χ1n) is 4.48. The Morgan fingerprint density at radius 1 is 1.14 bits per heavy atom. The van der Waals surface area contributed by atoms with Crippen molar-refractivity contribution < 1.29 is 8.81 Å². The van der Waals surface area contributed by atoms with E-state index in [0.717, 1.165) is 17.9 Å². The molecule has 0 saturated heterocycles. The van der Waals surface area contributed by atoms with Crippen molar-refractivity contribution >= 4 is 0 Å². The highest BCUT2D eigenvalue weighted by Crippen LogP contribution is 2.06. The Morgan fingerprint density at radius 2 is 2.07 bits per heavy atom. The van der Waals surface area contributed by atoms with Gasteiger partial charge >= 0.3 is 0 Å². The topological polar surface area (TPSA) is 26.0 Å². The zero-order valence-corrected chi connectivity index (χ0v) is 7.61. The normalized spacial score (nSPS) is 10.4. The maximum atomic E-state index is 12.7. The third-order valence-electron chi connectivity index (χ3n) is 1.98. The Hall–Kier alpha value is -1.64. The van der Waals surface area contributed by atoms with Crippen LogP contribution in [0, 0.1) is 5.95 Å². The number of pyridine rings is 1. The molecule has 0 unspecified atom stereocenters. The highest BCUT2D eigenvalue weighted by molar-refractivity contribution is 5.07. The van der Waals surface area contributed by atoms with Crippen LogP contribution in [0.5, 0.6) is 0 Å². The molecule has 0 radical (unpaired) electrons. The highest BCUT2D eigenvalue weighted by atomic mass is 19.1. The fourth-order valence-corrected chi connectivity index (χ4v) is 1.30. The largest absolute Gasteiger partial charge is 0.469 e. The van der Waals surface area contributed by atoms with Gasteiger partial charge in [-0.25, -0.2) is 4.98 Å². The van der Waals surface area contributed by atoms with E-state index in [1.54, 1.807) is 12.3 Å². The molecule has 72 valence electrons. The third kappa shape index (κ3) is 2.19. The molecule has 14 heavy (non-hydrogen) atoms. The summed E-state index contributed by atoms with van der Waals surface area (Å²) in [5.41, 5.74) is 0.751. The van der Waals surface area contributed by atoms with Crippen LogP contribution in [0.25, 0.3) is 0 Å². The number of furan rings is 1. The highest BCUT2D eigenvalue weighted by Gasteiger charge is 1.99. The summed E-state index contributed by atoms with van der Waals surface area (Å²) in [7, 11) is 0. The van der Waals surface area contributed by atoms with Crippen LogP contribution < -0.4 is 0 Å². The van der Waals surface area contributed by atoms with E-state index in [2.05, 4.69) is 4.98 Å². The molecule has 2 aromatic rings. The first-order chi connectivity index (χ1) is 6.84. The summed E-state index contributed by atoms with van der Waals surface area (Å²) >= 11 is 0. The van der Waals surface area contributed by atoms with E-state index in [4.69, 9.17) is 4.42 Å². The molecule has 0 spiro atoms. The quantitative estimate of drug-likeness (QED) is 0.697. The van der Waals surface area contributed by atoms with Gasteiger partial charge in [0.1, 0.15) is 5.76 Å². The molecule has 2 heterocycles. The van der Waals surface area contributed by atoms with Crippen LogP contribution in [0.2, 0.25) is 0 Å². The van der Waals surface area contributed by atoms with Gasteiger partial charge in [-0.05, 0) is 30.7 Å². The van der Waals surface area contributed by atoms with Gasteiger partial charge in [-0.3, -0.25) is 0 Å². The molecule has 0 bridgehead atoms. The Labute approximate surface area is 81.4 Å². The van der Waals surface area contributed by atoms with Crippen molar-refractivity contribution in [2.45, 2.75) is 12.8 Å².